The Morgan fingerprint density at radius 1 is 1.02 bits per heavy atom. The van der Waals surface area contributed by atoms with Gasteiger partial charge in [0, 0.05) is 64.2 Å². The molecule has 3 heterocycles. The van der Waals surface area contributed by atoms with Crippen LogP contribution in [0.15, 0.2) is 42.9 Å². The van der Waals surface area contributed by atoms with Gasteiger partial charge in [-0.2, -0.15) is 5.10 Å². The lowest BCUT2D eigenvalue weighted by molar-refractivity contribution is -0.124. The van der Waals surface area contributed by atoms with E-state index in [2.05, 4.69) is 40.5 Å². The number of ether oxygens (including phenoxy) is 2. The molecule has 1 N–H and O–H groups in total. The molecule has 1 saturated heterocycles. The van der Waals surface area contributed by atoms with E-state index < -0.39 is 22.7 Å². The fraction of sp³-hybridized carbons (Fsp3) is 0.610. The molecule has 2 aromatic heterocycles. The summed E-state index contributed by atoms with van der Waals surface area (Å²) in [6.45, 7) is 6.69. The first-order valence-corrected chi connectivity index (χ1v) is 20.9. The van der Waals surface area contributed by atoms with E-state index in [1.54, 1.807) is 24.1 Å². The summed E-state index contributed by atoms with van der Waals surface area (Å²) in [7, 11) is 0.915. The van der Waals surface area contributed by atoms with Gasteiger partial charge >= 0.3 is 6.09 Å². The number of nitrogens with zero attached hydrogens (tertiary/aromatic N) is 4. The third kappa shape index (κ3) is 8.03. The molecule has 3 aromatic rings. The van der Waals surface area contributed by atoms with Crippen LogP contribution < -0.4 is 15.0 Å². The highest BCUT2D eigenvalue weighted by molar-refractivity contribution is 7.85. The fourth-order valence-electron chi connectivity index (χ4n) is 9.24. The number of fused-ring (bicyclic) bond motifs is 3. The Morgan fingerprint density at radius 3 is 2.34 bits per heavy atom. The third-order valence-electron chi connectivity index (χ3n) is 12.7. The molecule has 0 atom stereocenters. The van der Waals surface area contributed by atoms with Gasteiger partial charge in [-0.15, -0.1) is 0 Å². The summed E-state index contributed by atoms with van der Waals surface area (Å²) in [5.41, 5.74) is 3.64. The molecule has 0 radical (unpaired) electrons. The number of benzene rings is 1. The maximum absolute atomic E-state index is 15.4. The van der Waals surface area contributed by atoms with E-state index in [-0.39, 0.29) is 40.8 Å². The van der Waals surface area contributed by atoms with Crippen LogP contribution in [0.4, 0.5) is 15.0 Å². The van der Waals surface area contributed by atoms with E-state index in [1.165, 1.54) is 11.8 Å². The highest BCUT2D eigenvalue weighted by Crippen LogP contribution is 2.58. The molecule has 286 valence electrons. The molecular weight excluding hydrogens is 694 g/mol. The second-order valence-corrected chi connectivity index (χ2v) is 18.1. The number of carbonyl (C=O) groups excluding carboxylic acids is 2. The number of nitrogens with one attached hydrogen (secondary N) is 1. The van der Waals surface area contributed by atoms with E-state index in [0.29, 0.717) is 73.5 Å². The smallest absolute Gasteiger partial charge is 0.407 e. The molecule has 0 unspecified atom stereocenters. The first-order chi connectivity index (χ1) is 25.5. The van der Waals surface area contributed by atoms with Crippen molar-refractivity contribution >= 4 is 28.6 Å². The number of aromatic nitrogens is 3. The Balaban J connectivity index is 1.08. The number of amides is 2. The molecular formula is C41H54FN5O5S. The minimum Gasteiger partial charge on any atom is -0.496 e. The summed E-state index contributed by atoms with van der Waals surface area (Å²) in [6, 6.07) is 8.45. The average Bonchev–Trinajstić information content (AvgIpc) is 3.67. The lowest BCUT2D eigenvalue weighted by atomic mass is 9.51. The van der Waals surface area contributed by atoms with Crippen LogP contribution in [-0.4, -0.2) is 68.3 Å². The molecule has 4 saturated carbocycles. The maximum atomic E-state index is 15.4. The van der Waals surface area contributed by atoms with Crippen LogP contribution in [0.3, 0.4) is 0 Å². The van der Waals surface area contributed by atoms with Gasteiger partial charge in [-0.25, -0.2) is 14.2 Å². The third-order valence-corrected chi connectivity index (χ3v) is 14.1. The Bertz CT molecular complexity index is 1800. The van der Waals surface area contributed by atoms with E-state index in [1.807, 2.05) is 24.9 Å². The first-order valence-electron chi connectivity index (χ1n) is 19.5. The zero-order valence-corrected chi connectivity index (χ0v) is 32.4. The largest absolute Gasteiger partial charge is 0.496 e. The van der Waals surface area contributed by atoms with E-state index in [0.717, 1.165) is 49.8 Å². The molecule has 2 amide bonds. The number of carbonyl (C=O) groups is 2. The molecule has 53 heavy (non-hydrogen) atoms. The first kappa shape index (κ1) is 37.5. The highest BCUT2D eigenvalue weighted by atomic mass is 32.2. The predicted octanol–water partition coefficient (Wildman–Crippen LogP) is 7.80. The number of hydrogen-bond acceptors (Lipinski definition) is 7. The summed E-state index contributed by atoms with van der Waals surface area (Å²) in [4.78, 5) is 33.8. The van der Waals surface area contributed by atoms with Crippen LogP contribution in [-0.2, 0) is 25.7 Å². The van der Waals surface area contributed by atoms with E-state index in [9.17, 15) is 13.8 Å². The summed E-state index contributed by atoms with van der Waals surface area (Å²) < 4.78 is 40.3. The number of pyridine rings is 1. The minimum absolute atomic E-state index is 0.00797. The number of halogens is 1. The van der Waals surface area contributed by atoms with Crippen molar-refractivity contribution < 1.29 is 27.7 Å². The quantitative estimate of drug-likeness (QED) is 0.225. The van der Waals surface area contributed by atoms with Gasteiger partial charge in [0.05, 0.1) is 19.5 Å². The fourth-order valence-corrected chi connectivity index (χ4v) is 10.5. The molecule has 1 aliphatic heterocycles. The zero-order chi connectivity index (χ0) is 37.3. The van der Waals surface area contributed by atoms with Gasteiger partial charge in [0.2, 0.25) is 5.91 Å². The highest BCUT2D eigenvalue weighted by Gasteiger charge is 2.51. The van der Waals surface area contributed by atoms with E-state index >= 15 is 4.39 Å². The molecule has 12 heteroatoms. The molecule has 5 aliphatic rings. The van der Waals surface area contributed by atoms with Crippen molar-refractivity contribution in [3.05, 3.63) is 59.8 Å². The Hall–Kier alpha value is -3.80. The van der Waals surface area contributed by atoms with Crippen LogP contribution in [0.25, 0.3) is 11.1 Å². The Labute approximate surface area is 315 Å². The SMILES string of the molecule is COc1ccc(C23CCC(CN(C(=O)C4CCC(OC(=O)NC5CCS(=O)CC5)CC4)c4cc(-c5cnn(C(C)C)c5)c(F)cn4)(CC2)CC3)cc1C. The van der Waals surface area contributed by atoms with Crippen LogP contribution in [0.1, 0.15) is 108 Å². The van der Waals surface area contributed by atoms with Crippen molar-refractivity contribution in [2.75, 3.05) is 30.1 Å². The van der Waals surface area contributed by atoms with Crippen molar-refractivity contribution in [1.82, 2.24) is 20.1 Å². The number of alkyl carbamates (subject to hydrolysis) is 1. The molecule has 8 rings (SSSR count). The zero-order valence-electron chi connectivity index (χ0n) is 31.6. The number of methoxy groups -OCH3 is 1. The monoisotopic (exact) mass is 747 g/mol. The topological polar surface area (TPSA) is 116 Å². The number of aryl methyl sites for hydroxylation is 1. The summed E-state index contributed by atoms with van der Waals surface area (Å²) in [5.74, 6) is 1.89. The molecule has 4 aliphatic carbocycles. The minimum atomic E-state index is -0.797. The second-order valence-electron chi connectivity index (χ2n) is 16.4. The van der Waals surface area contributed by atoms with Crippen molar-refractivity contribution in [3.8, 4) is 16.9 Å². The molecule has 0 spiro atoms. The lowest BCUT2D eigenvalue weighted by Gasteiger charge is -2.55. The van der Waals surface area contributed by atoms with Gasteiger partial charge in [-0.1, -0.05) is 12.1 Å². The van der Waals surface area contributed by atoms with Crippen molar-refractivity contribution in [3.63, 3.8) is 0 Å². The molecule has 10 nitrogen and oxygen atoms in total. The van der Waals surface area contributed by atoms with Crippen LogP contribution in [0.5, 0.6) is 5.75 Å². The van der Waals surface area contributed by atoms with Crippen LogP contribution >= 0.6 is 0 Å². The average molecular weight is 748 g/mol. The molecule has 2 bridgehead atoms. The predicted molar refractivity (Wildman–Crippen MR) is 204 cm³/mol. The van der Waals surface area contributed by atoms with E-state index in [4.69, 9.17) is 9.47 Å². The van der Waals surface area contributed by atoms with Crippen molar-refractivity contribution in [2.24, 2.45) is 11.3 Å². The number of rotatable bonds is 10. The summed E-state index contributed by atoms with van der Waals surface area (Å²) in [6.07, 6.45) is 14.0. The van der Waals surface area contributed by atoms with Crippen molar-refractivity contribution in [1.29, 1.82) is 0 Å². The van der Waals surface area contributed by atoms with Gasteiger partial charge in [0.15, 0.2) is 0 Å². The molecule has 5 fully saturated rings. The summed E-state index contributed by atoms with van der Waals surface area (Å²) >= 11 is 0. The standard InChI is InChI=1S/C41H54FN5O5S/c1-27(2)47-25-30(23-44-47)34-22-37(43-24-35(34)42)46(26-40-13-16-41(17-14-40,18-15-40)31-7-10-36(51-4)28(3)21-31)38(48)29-5-8-33(9-6-29)52-39(49)45-32-11-19-53(50)20-12-32/h7,10,21-25,27,29,32-33H,5-6,8-9,11-20,26H2,1-4H3,(H,45,49). The number of hydrogen-bond donors (Lipinski definition) is 1. The van der Waals surface area contributed by atoms with Crippen molar-refractivity contribution in [2.45, 2.75) is 121 Å². The maximum Gasteiger partial charge on any atom is 0.407 e. The lowest BCUT2D eigenvalue weighted by Crippen LogP contribution is -2.52. The molecule has 1 aromatic carbocycles. The van der Waals surface area contributed by atoms with Gasteiger partial charge < -0.3 is 14.8 Å². The van der Waals surface area contributed by atoms with Gasteiger partial charge in [0.1, 0.15) is 23.5 Å². The van der Waals surface area contributed by atoms with Crippen LogP contribution in [0.2, 0.25) is 0 Å². The van der Waals surface area contributed by atoms with Crippen LogP contribution in [0, 0.1) is 24.1 Å². The van der Waals surface area contributed by atoms with Gasteiger partial charge in [-0.05, 0) is 132 Å². The summed E-state index contributed by atoms with van der Waals surface area (Å²) in [5, 5.41) is 7.39. The second kappa shape index (κ2) is 15.5. The Kier molecular flexibility index (Phi) is 11.0. The van der Waals surface area contributed by atoms with Gasteiger partial charge in [0.25, 0.3) is 0 Å². The normalized spacial score (nSPS) is 28.4. The van der Waals surface area contributed by atoms with Gasteiger partial charge in [-0.3, -0.25) is 18.6 Å². The number of anilines is 1. The Morgan fingerprint density at radius 2 is 1.72 bits per heavy atom.